The molecule has 0 saturated carbocycles. The number of hydrogen-bond donors (Lipinski definition) is 0. The van der Waals surface area contributed by atoms with Gasteiger partial charge in [-0.25, -0.2) is 4.98 Å². The van der Waals surface area contributed by atoms with Crippen LogP contribution in [0.1, 0.15) is 33.1 Å². The molecule has 2 aromatic heterocycles. The van der Waals surface area contributed by atoms with Crippen molar-refractivity contribution in [1.29, 1.82) is 0 Å². The predicted octanol–water partition coefficient (Wildman–Crippen LogP) is 2.55. The molecule has 5 nitrogen and oxygen atoms in total. The number of hydrogen-bond acceptors (Lipinski definition) is 4. The summed E-state index contributed by atoms with van der Waals surface area (Å²) in [6.07, 6.45) is 7.17. The van der Waals surface area contributed by atoms with Gasteiger partial charge >= 0.3 is 0 Å². The molecule has 0 amide bonds. The number of piperidine rings is 1. The third-order valence-electron chi connectivity index (χ3n) is 3.66. The molecule has 1 saturated heterocycles. The van der Waals surface area contributed by atoms with E-state index in [0.29, 0.717) is 10.8 Å². The van der Waals surface area contributed by atoms with Crippen molar-refractivity contribution >= 4 is 23.2 Å². The lowest BCUT2D eigenvalue weighted by Crippen LogP contribution is -2.48. The molecular formula is C12H16ClN5. The average Bonchev–Trinajstić information content (AvgIpc) is 2.74. The van der Waals surface area contributed by atoms with E-state index in [4.69, 9.17) is 11.6 Å². The lowest BCUT2D eigenvalue weighted by molar-refractivity contribution is 0.355. The lowest BCUT2D eigenvalue weighted by atomic mass is 9.91. The molecule has 1 fully saturated rings. The van der Waals surface area contributed by atoms with E-state index >= 15 is 0 Å². The van der Waals surface area contributed by atoms with Crippen LogP contribution in [-0.4, -0.2) is 31.7 Å². The average molecular weight is 266 g/mol. The topological polar surface area (TPSA) is 46.3 Å². The summed E-state index contributed by atoms with van der Waals surface area (Å²) < 4.78 is 1.92. The number of aromatic nitrogens is 4. The van der Waals surface area contributed by atoms with Crippen molar-refractivity contribution in [1.82, 2.24) is 19.6 Å². The van der Waals surface area contributed by atoms with Crippen molar-refractivity contribution < 1.29 is 0 Å². The Kier molecular flexibility index (Phi) is 2.66. The SMILES string of the molecule is CC1(C)CCCCN1c1nnc2c(Cl)nccn12. The number of fused-ring (bicyclic) bond motifs is 1. The van der Waals surface area contributed by atoms with Crippen LogP contribution in [-0.2, 0) is 0 Å². The molecule has 2 aromatic rings. The van der Waals surface area contributed by atoms with Gasteiger partial charge in [0.25, 0.3) is 0 Å². The highest BCUT2D eigenvalue weighted by molar-refractivity contribution is 6.32. The summed E-state index contributed by atoms with van der Waals surface area (Å²) in [6, 6.07) is 0. The molecule has 0 atom stereocenters. The Morgan fingerprint density at radius 1 is 1.28 bits per heavy atom. The van der Waals surface area contributed by atoms with Crippen LogP contribution in [0.3, 0.4) is 0 Å². The summed E-state index contributed by atoms with van der Waals surface area (Å²) in [7, 11) is 0. The lowest BCUT2D eigenvalue weighted by Gasteiger charge is -2.42. The van der Waals surface area contributed by atoms with E-state index in [0.717, 1.165) is 12.5 Å². The molecule has 3 rings (SSSR count). The zero-order valence-corrected chi connectivity index (χ0v) is 11.4. The van der Waals surface area contributed by atoms with Crippen molar-refractivity contribution in [3.05, 3.63) is 17.5 Å². The first-order valence-electron chi connectivity index (χ1n) is 6.22. The van der Waals surface area contributed by atoms with Gasteiger partial charge in [0.1, 0.15) is 0 Å². The molecule has 0 radical (unpaired) electrons. The second kappa shape index (κ2) is 4.09. The van der Waals surface area contributed by atoms with Gasteiger partial charge in [0.05, 0.1) is 0 Å². The molecule has 3 heterocycles. The Morgan fingerprint density at radius 2 is 2.11 bits per heavy atom. The van der Waals surface area contributed by atoms with Crippen LogP contribution in [0.25, 0.3) is 5.65 Å². The van der Waals surface area contributed by atoms with Gasteiger partial charge in [-0.1, -0.05) is 11.6 Å². The molecular weight excluding hydrogens is 250 g/mol. The van der Waals surface area contributed by atoms with Crippen LogP contribution in [0.2, 0.25) is 5.15 Å². The minimum atomic E-state index is 0.108. The van der Waals surface area contributed by atoms with Crippen molar-refractivity contribution in [3.63, 3.8) is 0 Å². The monoisotopic (exact) mass is 265 g/mol. The quantitative estimate of drug-likeness (QED) is 0.795. The van der Waals surface area contributed by atoms with Crippen molar-refractivity contribution in [3.8, 4) is 0 Å². The first-order chi connectivity index (χ1) is 8.59. The number of rotatable bonds is 1. The van der Waals surface area contributed by atoms with Crippen molar-refractivity contribution in [2.24, 2.45) is 0 Å². The second-order valence-corrected chi connectivity index (χ2v) is 5.69. The van der Waals surface area contributed by atoms with Gasteiger partial charge in [0.15, 0.2) is 10.8 Å². The first-order valence-corrected chi connectivity index (χ1v) is 6.60. The van der Waals surface area contributed by atoms with E-state index in [9.17, 15) is 0 Å². The highest BCUT2D eigenvalue weighted by Crippen LogP contribution is 2.31. The Bertz CT molecular complexity index is 577. The van der Waals surface area contributed by atoms with E-state index in [1.165, 1.54) is 19.3 Å². The standard InChI is InChI=1S/C12H16ClN5/c1-12(2)5-3-4-7-18(12)11-16-15-10-9(13)14-6-8-17(10)11/h6,8H,3-5,7H2,1-2H3. The predicted molar refractivity (Wildman–Crippen MR) is 71.1 cm³/mol. The van der Waals surface area contributed by atoms with E-state index in [1.54, 1.807) is 6.20 Å². The van der Waals surface area contributed by atoms with Crippen LogP contribution in [0.4, 0.5) is 5.95 Å². The highest BCUT2D eigenvalue weighted by Gasteiger charge is 2.32. The van der Waals surface area contributed by atoms with Gasteiger partial charge < -0.3 is 4.90 Å². The van der Waals surface area contributed by atoms with Gasteiger partial charge in [-0.05, 0) is 33.1 Å². The maximum atomic E-state index is 6.03. The minimum Gasteiger partial charge on any atom is -0.336 e. The van der Waals surface area contributed by atoms with E-state index in [-0.39, 0.29) is 5.54 Å². The van der Waals surface area contributed by atoms with Crippen LogP contribution in [0, 0.1) is 0 Å². The molecule has 0 aliphatic carbocycles. The van der Waals surface area contributed by atoms with Gasteiger partial charge in [0, 0.05) is 24.5 Å². The van der Waals surface area contributed by atoms with Gasteiger partial charge in [-0.2, -0.15) is 0 Å². The fourth-order valence-corrected chi connectivity index (χ4v) is 2.79. The van der Waals surface area contributed by atoms with Crippen LogP contribution < -0.4 is 4.90 Å². The molecule has 0 aromatic carbocycles. The maximum Gasteiger partial charge on any atom is 0.232 e. The normalized spacial score (nSPS) is 19.4. The summed E-state index contributed by atoms with van der Waals surface area (Å²) in [5, 5.41) is 8.82. The summed E-state index contributed by atoms with van der Waals surface area (Å²) in [5.41, 5.74) is 0.729. The molecule has 0 spiro atoms. The Balaban J connectivity index is 2.11. The Labute approximate surface area is 111 Å². The summed E-state index contributed by atoms with van der Waals surface area (Å²) in [4.78, 5) is 6.34. The summed E-state index contributed by atoms with van der Waals surface area (Å²) in [5.74, 6) is 0.860. The van der Waals surface area contributed by atoms with Crippen molar-refractivity contribution in [2.75, 3.05) is 11.4 Å². The Morgan fingerprint density at radius 3 is 2.89 bits per heavy atom. The van der Waals surface area contributed by atoms with Gasteiger partial charge in [0.2, 0.25) is 5.95 Å². The number of nitrogens with zero attached hydrogens (tertiary/aromatic N) is 5. The first kappa shape index (κ1) is 11.7. The third kappa shape index (κ3) is 1.73. The second-order valence-electron chi connectivity index (χ2n) is 5.33. The van der Waals surface area contributed by atoms with E-state index < -0.39 is 0 Å². The fourth-order valence-electron chi connectivity index (χ4n) is 2.60. The number of halogens is 1. The summed E-state index contributed by atoms with van der Waals surface area (Å²) in [6.45, 7) is 5.50. The molecule has 1 aliphatic rings. The molecule has 0 unspecified atom stereocenters. The highest BCUT2D eigenvalue weighted by atomic mass is 35.5. The van der Waals surface area contributed by atoms with Crippen LogP contribution in [0.15, 0.2) is 12.4 Å². The largest absolute Gasteiger partial charge is 0.336 e. The zero-order chi connectivity index (χ0) is 12.8. The third-order valence-corrected chi connectivity index (χ3v) is 3.92. The number of anilines is 1. The van der Waals surface area contributed by atoms with Gasteiger partial charge in [-0.3, -0.25) is 4.40 Å². The smallest absolute Gasteiger partial charge is 0.232 e. The van der Waals surface area contributed by atoms with Crippen LogP contribution in [0.5, 0.6) is 0 Å². The molecule has 1 aliphatic heterocycles. The Hall–Kier alpha value is -1.36. The molecule has 96 valence electrons. The zero-order valence-electron chi connectivity index (χ0n) is 10.6. The summed E-state index contributed by atoms with van der Waals surface area (Å²) >= 11 is 6.03. The fraction of sp³-hybridized carbons (Fsp3) is 0.583. The molecule has 18 heavy (non-hydrogen) atoms. The van der Waals surface area contributed by atoms with Crippen molar-refractivity contribution in [2.45, 2.75) is 38.6 Å². The molecule has 0 bridgehead atoms. The molecule has 0 N–H and O–H groups in total. The minimum absolute atomic E-state index is 0.108. The van der Waals surface area contributed by atoms with Crippen LogP contribution >= 0.6 is 11.6 Å². The van der Waals surface area contributed by atoms with E-state index in [2.05, 4.69) is 33.9 Å². The maximum absolute atomic E-state index is 6.03. The van der Waals surface area contributed by atoms with E-state index in [1.807, 2.05) is 10.6 Å². The van der Waals surface area contributed by atoms with Gasteiger partial charge in [-0.15, -0.1) is 10.2 Å². The molecule has 6 heteroatoms.